The average molecular weight is 803 g/mol. The minimum absolute atomic E-state index is 0.295. The van der Waals surface area contributed by atoms with E-state index in [0.717, 1.165) is 61.7 Å². The van der Waals surface area contributed by atoms with Crippen molar-refractivity contribution in [3.8, 4) is 29.4 Å². The molecule has 9 nitrogen and oxygen atoms in total. The predicted octanol–water partition coefficient (Wildman–Crippen LogP) is 9.44. The van der Waals surface area contributed by atoms with Crippen LogP contribution in [0.1, 0.15) is 63.9 Å². The van der Waals surface area contributed by atoms with E-state index in [1.54, 1.807) is 54.0 Å². The third-order valence-corrected chi connectivity index (χ3v) is 11.2. The molecule has 0 radical (unpaired) electrons. The molecule has 11 heteroatoms. The molecule has 0 amide bonds. The van der Waals surface area contributed by atoms with Crippen molar-refractivity contribution in [2.75, 3.05) is 7.11 Å². The summed E-state index contributed by atoms with van der Waals surface area (Å²) in [5.74, 6) is 12.0. The van der Waals surface area contributed by atoms with Crippen molar-refractivity contribution in [2.45, 2.75) is 39.0 Å². The summed E-state index contributed by atoms with van der Waals surface area (Å²) in [4.78, 5) is 37.3. The van der Waals surface area contributed by atoms with Crippen LogP contribution < -0.4 is 4.74 Å². The van der Waals surface area contributed by atoms with Crippen molar-refractivity contribution >= 4 is 57.3 Å². The van der Waals surface area contributed by atoms with Crippen LogP contribution in [0.5, 0.6) is 5.75 Å². The van der Waals surface area contributed by atoms with E-state index in [4.69, 9.17) is 14.9 Å². The Morgan fingerprint density at radius 3 is 1.48 bits per heavy atom. The van der Waals surface area contributed by atoms with E-state index in [9.17, 15) is 9.59 Å². The molecule has 8 rings (SSSR count). The number of carboxylic acid groups (broad SMARTS) is 2. The van der Waals surface area contributed by atoms with Gasteiger partial charge in [0.25, 0.3) is 0 Å². The molecule has 0 fully saturated rings. The Bertz CT molecular complexity index is 2570. The van der Waals surface area contributed by atoms with Gasteiger partial charge < -0.3 is 24.7 Å². The number of fused-ring (bicyclic) bond motifs is 2. The number of methoxy groups -OCH3 is 1. The Labute approximate surface area is 345 Å². The van der Waals surface area contributed by atoms with Gasteiger partial charge in [-0.15, -0.1) is 22.7 Å². The second-order valence-corrected chi connectivity index (χ2v) is 15.5. The zero-order valence-corrected chi connectivity index (χ0v) is 33.2. The van der Waals surface area contributed by atoms with Gasteiger partial charge in [-0.1, -0.05) is 90.4 Å². The summed E-state index contributed by atoms with van der Waals surface area (Å²) in [7, 11) is 1.66. The van der Waals surface area contributed by atoms with Crippen molar-refractivity contribution in [3.63, 3.8) is 0 Å². The van der Waals surface area contributed by atoms with Crippen LogP contribution in [0.25, 0.3) is 0 Å². The highest BCUT2D eigenvalue weighted by molar-refractivity contribution is 7.16. The van der Waals surface area contributed by atoms with Crippen molar-refractivity contribution < 1.29 is 24.5 Å². The normalized spacial score (nSPS) is 12.2. The number of benzene rings is 4. The van der Waals surface area contributed by atoms with Crippen LogP contribution in [0.15, 0.2) is 125 Å². The van der Waals surface area contributed by atoms with Gasteiger partial charge in [-0.25, -0.2) is 19.6 Å². The maximum Gasteiger partial charge on any atom is 0.335 e. The average Bonchev–Trinajstić information content (AvgIpc) is 3.85. The molecule has 0 aliphatic carbocycles. The first kappa shape index (κ1) is 39.3. The number of carbonyl (C=O) groups is 2. The van der Waals surface area contributed by atoms with Gasteiger partial charge >= 0.3 is 11.9 Å². The van der Waals surface area contributed by atoms with Crippen LogP contribution in [-0.4, -0.2) is 51.7 Å². The lowest BCUT2D eigenvalue weighted by Gasteiger charge is -2.22. The number of nitrogens with zero attached hydrogens (tertiary/aromatic N) is 4. The largest absolute Gasteiger partial charge is 0.497 e. The minimum Gasteiger partial charge on any atom is -0.497 e. The van der Waals surface area contributed by atoms with E-state index in [-0.39, 0.29) is 0 Å². The summed E-state index contributed by atoms with van der Waals surface area (Å²) < 4.78 is 5.17. The summed E-state index contributed by atoms with van der Waals surface area (Å²) in [6.45, 7) is 2.90. The van der Waals surface area contributed by atoms with Crippen molar-refractivity contribution in [2.24, 2.45) is 9.98 Å². The fourth-order valence-corrected chi connectivity index (χ4v) is 7.94. The SMILES string of the molecule is COc1ccc(CC#Cc2cc3c(s2)N=CN(Cc2ccc(C(=O)O)cc2)C3)cc1.O=C(O)c1ccc(CN2C=Nc3sc(C#CCc4ccccc4)cc3C2)cc1. The molecule has 0 atom stereocenters. The summed E-state index contributed by atoms with van der Waals surface area (Å²) >= 11 is 3.23. The van der Waals surface area contributed by atoms with E-state index in [0.29, 0.717) is 30.6 Å². The Hall–Kier alpha value is -6.92. The first-order chi connectivity index (χ1) is 28.3. The van der Waals surface area contributed by atoms with Gasteiger partial charge in [-0.3, -0.25) is 0 Å². The Balaban J connectivity index is 0.000000177. The van der Waals surface area contributed by atoms with Crippen LogP contribution in [-0.2, 0) is 39.0 Å². The Morgan fingerprint density at radius 2 is 1.05 bits per heavy atom. The molecule has 4 aromatic carbocycles. The zero-order chi connectivity index (χ0) is 40.3. The molecule has 0 saturated carbocycles. The third-order valence-electron chi connectivity index (χ3n) is 9.18. The molecule has 58 heavy (non-hydrogen) atoms. The second kappa shape index (κ2) is 18.8. The molecule has 2 aliphatic heterocycles. The quantitative estimate of drug-likeness (QED) is 0.140. The number of hydrogen-bond donors (Lipinski definition) is 2. The smallest absolute Gasteiger partial charge is 0.335 e. The van der Waals surface area contributed by atoms with Crippen LogP contribution >= 0.6 is 22.7 Å². The number of thiophene rings is 2. The van der Waals surface area contributed by atoms with Gasteiger partial charge in [-0.2, -0.15) is 0 Å². The number of aliphatic imine (C=N–C) groups is 2. The fourth-order valence-electron chi connectivity index (χ4n) is 6.17. The van der Waals surface area contributed by atoms with Gasteiger partial charge in [0.05, 0.1) is 40.7 Å². The summed E-state index contributed by atoms with van der Waals surface area (Å²) in [5.41, 5.74) is 7.41. The lowest BCUT2D eigenvalue weighted by atomic mass is 10.1. The van der Waals surface area contributed by atoms with Crippen LogP contribution in [0.2, 0.25) is 0 Å². The number of aromatic carboxylic acids is 2. The number of ether oxygens (including phenoxy) is 1. The van der Waals surface area contributed by atoms with E-state index in [1.807, 2.05) is 79.4 Å². The first-order valence-electron chi connectivity index (χ1n) is 18.4. The summed E-state index contributed by atoms with van der Waals surface area (Å²) in [6, 6.07) is 36.3. The predicted molar refractivity (Wildman–Crippen MR) is 231 cm³/mol. The molecule has 0 unspecified atom stereocenters. The molecule has 2 aromatic heterocycles. The molecular weight excluding hydrogens is 765 g/mol. The highest BCUT2D eigenvalue weighted by Crippen LogP contribution is 2.35. The molecule has 2 N–H and O–H groups in total. The van der Waals surface area contributed by atoms with Crippen molar-refractivity contribution in [1.82, 2.24) is 9.80 Å². The van der Waals surface area contributed by atoms with Gasteiger partial charge in [0.1, 0.15) is 15.8 Å². The monoisotopic (exact) mass is 802 g/mol. The Kier molecular flexibility index (Phi) is 12.8. The first-order valence-corrected chi connectivity index (χ1v) is 20.0. The number of hydrogen-bond acceptors (Lipinski definition) is 9. The molecule has 2 aliphatic rings. The molecular formula is C47H38N4O5S2. The lowest BCUT2D eigenvalue weighted by molar-refractivity contribution is 0.0686. The second-order valence-electron chi connectivity index (χ2n) is 13.5. The maximum absolute atomic E-state index is 11.0. The Morgan fingerprint density at radius 1 is 0.621 bits per heavy atom. The van der Waals surface area contributed by atoms with E-state index < -0.39 is 11.9 Å². The highest BCUT2D eigenvalue weighted by Gasteiger charge is 2.17. The molecule has 288 valence electrons. The van der Waals surface area contributed by atoms with Gasteiger partial charge in [0.15, 0.2) is 0 Å². The third kappa shape index (κ3) is 10.7. The van der Waals surface area contributed by atoms with Crippen LogP contribution in [0.3, 0.4) is 0 Å². The molecule has 0 spiro atoms. The minimum atomic E-state index is -0.912. The maximum atomic E-state index is 11.0. The van der Waals surface area contributed by atoms with Crippen molar-refractivity contribution in [1.29, 1.82) is 0 Å². The van der Waals surface area contributed by atoms with Crippen LogP contribution in [0, 0.1) is 23.7 Å². The van der Waals surface area contributed by atoms with Crippen LogP contribution in [0.4, 0.5) is 10.0 Å². The molecule has 0 bridgehead atoms. The van der Waals surface area contributed by atoms with E-state index in [1.165, 1.54) is 16.7 Å². The molecule has 0 saturated heterocycles. The number of carboxylic acids is 2. The summed E-state index contributed by atoms with van der Waals surface area (Å²) in [6.07, 6.45) is 5.13. The molecule has 6 aromatic rings. The van der Waals surface area contributed by atoms with Gasteiger partial charge in [-0.05, 0) is 70.8 Å². The fraction of sp³-hybridized carbons (Fsp3) is 0.149. The van der Waals surface area contributed by atoms with Crippen molar-refractivity contribution in [3.05, 3.63) is 170 Å². The van der Waals surface area contributed by atoms with E-state index in [2.05, 4.69) is 67.7 Å². The van der Waals surface area contributed by atoms with E-state index >= 15 is 0 Å². The summed E-state index contributed by atoms with van der Waals surface area (Å²) in [5, 5.41) is 20.0. The highest BCUT2D eigenvalue weighted by atomic mass is 32.1. The van der Waals surface area contributed by atoms with Gasteiger partial charge in [0.2, 0.25) is 0 Å². The molecule has 4 heterocycles. The standard InChI is InChI=1S/C24H20N2O3S.C23H18N2O2S/c1-29-21-11-7-17(8-12-21)3-2-4-22-13-20-15-26(16-25-23(20)30-22)14-18-5-9-19(10-6-18)24(27)28;26-23(27)19-11-9-18(10-12-19)14-25-15-20-13-21(28-22(20)24-16-25)8-4-7-17-5-2-1-3-6-17/h5-13,16H,3,14-15H2,1H3,(H,27,28);1-3,5-6,9-13,16H,7,14-15H2,(H,26,27). The van der Waals surface area contributed by atoms with Gasteiger partial charge in [0, 0.05) is 50.1 Å². The topological polar surface area (TPSA) is 115 Å². The lowest BCUT2D eigenvalue weighted by Crippen LogP contribution is -2.22. The number of rotatable bonds is 9. The zero-order valence-electron chi connectivity index (χ0n) is 31.6.